The minimum atomic E-state index is -1.01. The first-order valence-electron chi connectivity index (χ1n) is 6.94. The minimum Gasteiger partial charge on any atom is -0.493 e. The third kappa shape index (κ3) is 3.28. The molecule has 0 aliphatic carbocycles. The van der Waals surface area contributed by atoms with Gasteiger partial charge in [-0.3, -0.25) is 19.7 Å². The number of aromatic hydroxyl groups is 1. The summed E-state index contributed by atoms with van der Waals surface area (Å²) in [6.07, 6.45) is 0. The lowest BCUT2D eigenvalue weighted by Crippen LogP contribution is -2.26. The molecule has 0 spiro atoms. The van der Waals surface area contributed by atoms with E-state index in [1.807, 2.05) is 0 Å². The molecule has 0 aliphatic heterocycles. The van der Waals surface area contributed by atoms with E-state index >= 15 is 0 Å². The molecular weight excluding hydrogens is 366 g/mol. The van der Waals surface area contributed by atoms with Gasteiger partial charge in [-0.15, -0.1) is 10.2 Å². The van der Waals surface area contributed by atoms with E-state index in [-0.39, 0.29) is 21.8 Å². The number of nitrogens with zero attached hydrogens (tertiary/aromatic N) is 5. The van der Waals surface area contributed by atoms with Crippen molar-refractivity contribution >= 4 is 34.6 Å². The van der Waals surface area contributed by atoms with Gasteiger partial charge in [-0.25, -0.2) is 4.57 Å². The fourth-order valence-electron chi connectivity index (χ4n) is 2.14. The van der Waals surface area contributed by atoms with Crippen molar-refractivity contribution in [3.63, 3.8) is 0 Å². The molecule has 1 aromatic carbocycles. The molecule has 0 fully saturated rings. The first-order valence-corrected chi connectivity index (χ1v) is 7.32. The molecule has 0 unspecified atom stereocenters. The zero-order valence-electron chi connectivity index (χ0n) is 13.4. The van der Waals surface area contributed by atoms with E-state index in [9.17, 15) is 24.8 Å². The second-order valence-corrected chi connectivity index (χ2v) is 5.47. The molecule has 0 amide bonds. The summed E-state index contributed by atoms with van der Waals surface area (Å²) in [6, 6.07) is 5.31. The Labute approximate surface area is 150 Å². The number of carbonyl (C=O) groups excluding carboxylic acids is 1. The maximum Gasteiger partial charge on any atom is 0.298 e. The van der Waals surface area contributed by atoms with Crippen LogP contribution in [0.25, 0.3) is 0 Å². The second kappa shape index (κ2) is 7.12. The van der Waals surface area contributed by atoms with Crippen molar-refractivity contribution in [2.45, 2.75) is 13.8 Å². The highest BCUT2D eigenvalue weighted by Gasteiger charge is 2.22. The summed E-state index contributed by atoms with van der Waals surface area (Å²) in [7, 11) is 0. The normalized spacial score (nSPS) is 10.7. The molecule has 0 bridgehead atoms. The molecule has 0 radical (unpaired) electrons. The van der Waals surface area contributed by atoms with Gasteiger partial charge in [-0.05, 0) is 19.1 Å². The van der Waals surface area contributed by atoms with Crippen LogP contribution in [-0.4, -0.2) is 20.5 Å². The van der Waals surface area contributed by atoms with Gasteiger partial charge >= 0.3 is 0 Å². The van der Waals surface area contributed by atoms with Gasteiger partial charge in [0.1, 0.15) is 11.6 Å². The highest BCUT2D eigenvalue weighted by molar-refractivity contribution is 6.30. The summed E-state index contributed by atoms with van der Waals surface area (Å²) >= 11 is 5.71. The van der Waals surface area contributed by atoms with Gasteiger partial charge in [0.2, 0.25) is 11.8 Å². The van der Waals surface area contributed by atoms with E-state index in [4.69, 9.17) is 16.9 Å². The lowest BCUT2D eigenvalue weighted by atomic mass is 10.1. The molecule has 2 rings (SSSR count). The van der Waals surface area contributed by atoms with Gasteiger partial charge in [-0.1, -0.05) is 11.6 Å². The lowest BCUT2D eigenvalue weighted by molar-refractivity contribution is -0.384. The maximum absolute atomic E-state index is 12.4. The van der Waals surface area contributed by atoms with E-state index < -0.39 is 33.6 Å². The van der Waals surface area contributed by atoms with Gasteiger partial charge < -0.3 is 5.11 Å². The number of aromatic nitrogens is 1. The Kier molecular flexibility index (Phi) is 5.14. The Bertz CT molecular complexity index is 1070. The number of halogens is 1. The third-order valence-corrected chi connectivity index (χ3v) is 3.62. The summed E-state index contributed by atoms with van der Waals surface area (Å²) in [4.78, 5) is 34.3. The molecular formula is C15H10ClN5O5. The van der Waals surface area contributed by atoms with E-state index in [0.29, 0.717) is 4.57 Å². The van der Waals surface area contributed by atoms with Crippen LogP contribution >= 0.6 is 11.6 Å². The van der Waals surface area contributed by atoms with Gasteiger partial charge in [-0.2, -0.15) is 5.26 Å². The second-order valence-electron chi connectivity index (χ2n) is 5.03. The number of pyridine rings is 1. The number of hydrogen-bond donors (Lipinski definition) is 1. The molecule has 0 atom stereocenters. The molecule has 1 heterocycles. The summed E-state index contributed by atoms with van der Waals surface area (Å²) in [5.74, 6) is -1.64. The predicted octanol–water partition coefficient (Wildman–Crippen LogP) is 3.37. The quantitative estimate of drug-likeness (QED) is 0.493. The van der Waals surface area contributed by atoms with Crippen molar-refractivity contribution in [2.75, 3.05) is 0 Å². The van der Waals surface area contributed by atoms with Crippen LogP contribution in [0.3, 0.4) is 0 Å². The Morgan fingerprint density at radius 3 is 2.62 bits per heavy atom. The Hall–Kier alpha value is -3.58. The van der Waals surface area contributed by atoms with Crippen LogP contribution in [0.15, 0.2) is 33.2 Å². The number of hydrogen-bond acceptors (Lipinski definition) is 8. The van der Waals surface area contributed by atoms with Crippen molar-refractivity contribution in [3.05, 3.63) is 54.8 Å². The van der Waals surface area contributed by atoms with Gasteiger partial charge in [0.25, 0.3) is 11.2 Å². The zero-order valence-corrected chi connectivity index (χ0v) is 14.2. The van der Waals surface area contributed by atoms with Gasteiger partial charge in [0, 0.05) is 23.6 Å². The number of azo groups is 1. The molecule has 10 nitrogen and oxygen atoms in total. The monoisotopic (exact) mass is 375 g/mol. The molecule has 1 N–H and O–H groups in total. The van der Waals surface area contributed by atoms with Crippen molar-refractivity contribution in [2.24, 2.45) is 10.2 Å². The lowest BCUT2D eigenvalue weighted by Gasteiger charge is -2.09. The number of nitro benzene ring substituents is 1. The van der Waals surface area contributed by atoms with Crippen LogP contribution in [-0.2, 0) is 0 Å². The van der Waals surface area contributed by atoms with Crippen molar-refractivity contribution in [1.29, 1.82) is 5.26 Å². The molecule has 0 saturated carbocycles. The summed E-state index contributed by atoms with van der Waals surface area (Å²) < 4.78 is 0.371. The maximum atomic E-state index is 12.4. The van der Waals surface area contributed by atoms with Crippen LogP contribution in [0, 0.1) is 28.4 Å². The SMILES string of the molecule is CC(=O)n1c(O)c(C#N)c(C)c(N=Nc2ccc(Cl)cc2[N+](=O)[O-])c1=O. The molecule has 2 aromatic rings. The van der Waals surface area contributed by atoms with Crippen LogP contribution in [0.4, 0.5) is 17.1 Å². The van der Waals surface area contributed by atoms with Crippen molar-refractivity contribution in [3.8, 4) is 11.9 Å². The van der Waals surface area contributed by atoms with E-state index in [1.54, 1.807) is 6.07 Å². The highest BCUT2D eigenvalue weighted by atomic mass is 35.5. The van der Waals surface area contributed by atoms with Crippen LogP contribution < -0.4 is 5.56 Å². The summed E-state index contributed by atoms with van der Waals surface area (Å²) in [5.41, 5.74) is -2.39. The fraction of sp³-hybridized carbons (Fsp3) is 0.133. The average Bonchev–Trinajstić information content (AvgIpc) is 2.55. The molecule has 26 heavy (non-hydrogen) atoms. The van der Waals surface area contributed by atoms with Crippen LogP contribution in [0.1, 0.15) is 22.8 Å². The average molecular weight is 376 g/mol. The van der Waals surface area contributed by atoms with E-state index in [0.717, 1.165) is 13.0 Å². The van der Waals surface area contributed by atoms with E-state index in [2.05, 4.69) is 10.2 Å². The third-order valence-electron chi connectivity index (χ3n) is 3.39. The molecule has 1 aromatic heterocycles. The minimum absolute atomic E-state index is 0.0205. The predicted molar refractivity (Wildman–Crippen MR) is 90.4 cm³/mol. The Morgan fingerprint density at radius 1 is 1.42 bits per heavy atom. The number of benzene rings is 1. The topological polar surface area (TPSA) is 151 Å². The number of nitriles is 1. The Morgan fingerprint density at radius 2 is 2.08 bits per heavy atom. The largest absolute Gasteiger partial charge is 0.493 e. The highest BCUT2D eigenvalue weighted by Crippen LogP contribution is 2.32. The van der Waals surface area contributed by atoms with Crippen LogP contribution in [0.5, 0.6) is 5.88 Å². The molecule has 0 aliphatic rings. The number of rotatable bonds is 3. The Balaban J connectivity index is 2.72. The number of carbonyl (C=O) groups is 1. The van der Waals surface area contributed by atoms with Gasteiger partial charge in [0.15, 0.2) is 11.4 Å². The molecule has 0 saturated heterocycles. The molecule has 11 heteroatoms. The standard InChI is InChI=1S/C15H10ClN5O5/c1-7-10(6-17)14(23)20(8(2)22)15(24)13(7)19-18-11-4-3-9(16)5-12(11)21(25)26/h3-5,23H,1-2H3. The van der Waals surface area contributed by atoms with Gasteiger partial charge in [0.05, 0.1) is 4.92 Å². The smallest absolute Gasteiger partial charge is 0.298 e. The van der Waals surface area contributed by atoms with E-state index in [1.165, 1.54) is 19.1 Å². The summed E-state index contributed by atoms with van der Waals surface area (Å²) in [6.45, 7) is 2.34. The first-order chi connectivity index (χ1) is 12.2. The zero-order chi connectivity index (χ0) is 19.6. The fourth-order valence-corrected chi connectivity index (χ4v) is 2.30. The number of nitro groups is 1. The first kappa shape index (κ1) is 18.8. The van der Waals surface area contributed by atoms with Crippen molar-refractivity contribution in [1.82, 2.24) is 4.57 Å². The summed E-state index contributed by atoms with van der Waals surface area (Å²) in [5, 5.41) is 37.6. The van der Waals surface area contributed by atoms with Crippen molar-refractivity contribution < 1.29 is 14.8 Å². The molecule has 132 valence electrons. The van der Waals surface area contributed by atoms with Crippen LogP contribution in [0.2, 0.25) is 5.02 Å².